The van der Waals surface area contributed by atoms with Gasteiger partial charge in [0, 0.05) is 0 Å². The highest BCUT2D eigenvalue weighted by Crippen LogP contribution is 2.27. The lowest BCUT2D eigenvalue weighted by atomic mass is 9.93. The first-order valence-corrected chi connectivity index (χ1v) is 6.00. The van der Waals surface area contributed by atoms with Crippen LogP contribution in [0, 0.1) is 26.6 Å². The van der Waals surface area contributed by atoms with E-state index in [9.17, 15) is 9.50 Å². The van der Waals surface area contributed by atoms with Gasteiger partial charge in [0.2, 0.25) is 0 Å². The Labute approximate surface area is 107 Å². The zero-order valence-corrected chi connectivity index (χ0v) is 10.9. The van der Waals surface area contributed by atoms with Crippen molar-refractivity contribution in [3.8, 4) is 0 Å². The van der Waals surface area contributed by atoms with Gasteiger partial charge < -0.3 is 5.11 Å². The second-order valence-corrected chi connectivity index (χ2v) is 4.75. The molecular formula is C16H17FO. The molecule has 1 atom stereocenters. The van der Waals surface area contributed by atoms with E-state index < -0.39 is 6.10 Å². The van der Waals surface area contributed by atoms with Crippen LogP contribution in [0.2, 0.25) is 0 Å². The fraction of sp³-hybridized carbons (Fsp3) is 0.250. The Balaban J connectivity index is 2.46. The van der Waals surface area contributed by atoms with Gasteiger partial charge in [0.05, 0.1) is 0 Å². The highest BCUT2D eigenvalue weighted by molar-refractivity contribution is 5.41. The van der Waals surface area contributed by atoms with Gasteiger partial charge in [-0.2, -0.15) is 0 Å². The quantitative estimate of drug-likeness (QED) is 0.851. The Morgan fingerprint density at radius 3 is 2.28 bits per heavy atom. The molecule has 0 fully saturated rings. The van der Waals surface area contributed by atoms with Gasteiger partial charge in [-0.15, -0.1) is 0 Å². The molecule has 2 aromatic carbocycles. The molecule has 0 aliphatic rings. The van der Waals surface area contributed by atoms with Gasteiger partial charge in [0.15, 0.2) is 0 Å². The number of aryl methyl sites for hydroxylation is 3. The Morgan fingerprint density at radius 1 is 0.944 bits per heavy atom. The molecule has 0 bridgehead atoms. The first-order valence-electron chi connectivity index (χ1n) is 6.00. The van der Waals surface area contributed by atoms with E-state index in [1.54, 1.807) is 12.1 Å². The van der Waals surface area contributed by atoms with Crippen molar-refractivity contribution in [1.82, 2.24) is 0 Å². The zero-order chi connectivity index (χ0) is 13.3. The van der Waals surface area contributed by atoms with Crippen LogP contribution >= 0.6 is 0 Å². The molecule has 0 spiro atoms. The van der Waals surface area contributed by atoms with Crippen molar-refractivity contribution in [2.24, 2.45) is 0 Å². The summed E-state index contributed by atoms with van der Waals surface area (Å²) in [6.07, 6.45) is -0.778. The third-order valence-corrected chi connectivity index (χ3v) is 3.34. The summed E-state index contributed by atoms with van der Waals surface area (Å²) in [6, 6.07) is 10.1. The fourth-order valence-electron chi connectivity index (χ4n) is 2.13. The van der Waals surface area contributed by atoms with Crippen molar-refractivity contribution in [3.63, 3.8) is 0 Å². The van der Waals surface area contributed by atoms with Gasteiger partial charge >= 0.3 is 0 Å². The third kappa shape index (κ3) is 2.44. The van der Waals surface area contributed by atoms with Crippen LogP contribution in [0.5, 0.6) is 0 Å². The molecule has 0 amide bonds. The Hall–Kier alpha value is -1.67. The van der Waals surface area contributed by atoms with E-state index >= 15 is 0 Å². The summed E-state index contributed by atoms with van der Waals surface area (Å²) in [7, 11) is 0. The van der Waals surface area contributed by atoms with E-state index in [4.69, 9.17) is 0 Å². The molecular weight excluding hydrogens is 227 g/mol. The van der Waals surface area contributed by atoms with Gasteiger partial charge in [0.25, 0.3) is 0 Å². The summed E-state index contributed by atoms with van der Waals surface area (Å²) in [5.74, 6) is -0.326. The van der Waals surface area contributed by atoms with Crippen LogP contribution in [0.15, 0.2) is 36.4 Å². The summed E-state index contributed by atoms with van der Waals surface area (Å²) >= 11 is 0. The summed E-state index contributed by atoms with van der Waals surface area (Å²) in [6.45, 7) is 6.02. The van der Waals surface area contributed by atoms with Gasteiger partial charge in [-0.3, -0.25) is 0 Å². The first kappa shape index (κ1) is 12.8. The number of halogens is 1. The van der Waals surface area contributed by atoms with Crippen LogP contribution in [-0.2, 0) is 0 Å². The predicted molar refractivity (Wildman–Crippen MR) is 71.1 cm³/mol. The van der Waals surface area contributed by atoms with Gasteiger partial charge in [-0.05, 0) is 60.7 Å². The molecule has 2 rings (SSSR count). The van der Waals surface area contributed by atoms with Crippen molar-refractivity contribution in [1.29, 1.82) is 0 Å². The molecule has 0 saturated carbocycles. The summed E-state index contributed by atoms with van der Waals surface area (Å²) in [5, 5.41) is 10.3. The Morgan fingerprint density at radius 2 is 1.61 bits per heavy atom. The highest BCUT2D eigenvalue weighted by Gasteiger charge is 2.14. The Bertz CT molecular complexity index is 575. The standard InChI is InChI=1S/C16H17FO/c1-10-7-12(3)15(8-11(10)2)16(18)13-5-4-6-14(17)9-13/h4-9,16,18H,1-3H3. The minimum atomic E-state index is -0.778. The molecule has 0 heterocycles. The van der Waals surface area contributed by atoms with Crippen molar-refractivity contribution in [2.45, 2.75) is 26.9 Å². The normalized spacial score (nSPS) is 12.5. The maximum absolute atomic E-state index is 13.2. The summed E-state index contributed by atoms with van der Waals surface area (Å²) in [5.41, 5.74) is 4.77. The molecule has 1 nitrogen and oxygen atoms in total. The van der Waals surface area contributed by atoms with Crippen LogP contribution in [0.4, 0.5) is 4.39 Å². The molecule has 0 radical (unpaired) electrons. The minimum absolute atomic E-state index is 0.326. The van der Waals surface area contributed by atoms with E-state index in [0.717, 1.165) is 16.7 Å². The molecule has 94 valence electrons. The van der Waals surface area contributed by atoms with Gasteiger partial charge in [0.1, 0.15) is 11.9 Å². The van der Waals surface area contributed by atoms with Crippen molar-refractivity contribution >= 4 is 0 Å². The molecule has 1 unspecified atom stereocenters. The smallest absolute Gasteiger partial charge is 0.123 e. The number of rotatable bonds is 2. The van der Waals surface area contributed by atoms with Gasteiger partial charge in [-0.1, -0.05) is 24.3 Å². The summed E-state index contributed by atoms with van der Waals surface area (Å²) in [4.78, 5) is 0. The van der Waals surface area contributed by atoms with Crippen LogP contribution in [0.3, 0.4) is 0 Å². The molecule has 0 aliphatic heterocycles. The topological polar surface area (TPSA) is 20.2 Å². The van der Waals surface area contributed by atoms with Crippen LogP contribution < -0.4 is 0 Å². The highest BCUT2D eigenvalue weighted by atomic mass is 19.1. The maximum Gasteiger partial charge on any atom is 0.123 e. The predicted octanol–water partition coefficient (Wildman–Crippen LogP) is 3.83. The third-order valence-electron chi connectivity index (χ3n) is 3.34. The van der Waals surface area contributed by atoms with Gasteiger partial charge in [-0.25, -0.2) is 4.39 Å². The Kier molecular flexibility index (Phi) is 3.48. The monoisotopic (exact) mass is 244 g/mol. The average Bonchev–Trinajstić information content (AvgIpc) is 2.33. The molecule has 18 heavy (non-hydrogen) atoms. The molecule has 1 N–H and O–H groups in total. The number of aliphatic hydroxyl groups excluding tert-OH is 1. The minimum Gasteiger partial charge on any atom is -0.384 e. The molecule has 0 saturated heterocycles. The van der Waals surface area contributed by atoms with E-state index in [-0.39, 0.29) is 5.82 Å². The van der Waals surface area contributed by atoms with E-state index in [0.29, 0.717) is 5.56 Å². The first-order chi connectivity index (χ1) is 8.49. The van der Waals surface area contributed by atoms with Crippen molar-refractivity contribution in [3.05, 3.63) is 70.0 Å². The largest absolute Gasteiger partial charge is 0.384 e. The van der Waals surface area contributed by atoms with Crippen LogP contribution in [0.25, 0.3) is 0 Å². The van der Waals surface area contributed by atoms with E-state index in [2.05, 4.69) is 0 Å². The zero-order valence-electron chi connectivity index (χ0n) is 10.9. The van der Waals surface area contributed by atoms with E-state index in [1.165, 1.54) is 17.7 Å². The lowest BCUT2D eigenvalue weighted by Gasteiger charge is -2.16. The second kappa shape index (κ2) is 4.91. The molecule has 2 heteroatoms. The number of aliphatic hydroxyl groups is 1. The average molecular weight is 244 g/mol. The summed E-state index contributed by atoms with van der Waals surface area (Å²) < 4.78 is 13.2. The number of benzene rings is 2. The van der Waals surface area contributed by atoms with Crippen LogP contribution in [-0.4, -0.2) is 5.11 Å². The van der Waals surface area contributed by atoms with Crippen molar-refractivity contribution in [2.75, 3.05) is 0 Å². The molecule has 0 aliphatic carbocycles. The van der Waals surface area contributed by atoms with Crippen LogP contribution in [0.1, 0.15) is 33.9 Å². The number of hydrogen-bond donors (Lipinski definition) is 1. The molecule has 0 aromatic heterocycles. The number of hydrogen-bond acceptors (Lipinski definition) is 1. The lowest BCUT2D eigenvalue weighted by Crippen LogP contribution is -2.03. The lowest BCUT2D eigenvalue weighted by molar-refractivity contribution is 0.219. The fourth-order valence-corrected chi connectivity index (χ4v) is 2.13. The maximum atomic E-state index is 13.2. The molecule has 2 aromatic rings. The second-order valence-electron chi connectivity index (χ2n) is 4.75. The van der Waals surface area contributed by atoms with Crippen molar-refractivity contribution < 1.29 is 9.50 Å². The van der Waals surface area contributed by atoms with E-state index in [1.807, 2.05) is 32.9 Å². The SMILES string of the molecule is Cc1cc(C)c(C(O)c2cccc(F)c2)cc1C.